The molecule has 0 saturated carbocycles. The fourth-order valence-electron chi connectivity index (χ4n) is 4.78. The van der Waals surface area contributed by atoms with Gasteiger partial charge in [0.05, 0.1) is 12.6 Å². The number of nitrogens with zero attached hydrogens (tertiary/aromatic N) is 1. The normalized spacial score (nSPS) is 26.0. The van der Waals surface area contributed by atoms with Crippen LogP contribution in [0.3, 0.4) is 0 Å². The zero-order chi connectivity index (χ0) is 18.1. The quantitative estimate of drug-likeness (QED) is 0.816. The van der Waals surface area contributed by atoms with Crippen molar-refractivity contribution in [2.24, 2.45) is 0 Å². The van der Waals surface area contributed by atoms with Crippen molar-refractivity contribution in [2.75, 3.05) is 27.5 Å². The Balaban J connectivity index is 1.72. The summed E-state index contributed by atoms with van der Waals surface area (Å²) in [5, 5.41) is 21.8. The number of fused-ring (bicyclic) bond motifs is 5. The Morgan fingerprint density at radius 1 is 1.23 bits per heavy atom. The van der Waals surface area contributed by atoms with Crippen molar-refractivity contribution in [3.05, 3.63) is 46.5 Å². The van der Waals surface area contributed by atoms with E-state index in [-0.39, 0.29) is 12.5 Å². The SMILES string of the molecule is COc1cc2c(cc1O)[C@]1(Cc3ccc4c(c3C1O)OCO4)N(C)CC2. The number of aromatic hydroxyl groups is 1. The van der Waals surface area contributed by atoms with Crippen molar-refractivity contribution in [3.8, 4) is 23.0 Å². The van der Waals surface area contributed by atoms with Crippen LogP contribution in [0.2, 0.25) is 0 Å². The van der Waals surface area contributed by atoms with Crippen LogP contribution in [0, 0.1) is 0 Å². The molecule has 26 heavy (non-hydrogen) atoms. The highest BCUT2D eigenvalue weighted by Gasteiger charge is 2.54. The van der Waals surface area contributed by atoms with E-state index in [1.165, 1.54) is 0 Å². The van der Waals surface area contributed by atoms with E-state index in [9.17, 15) is 10.2 Å². The van der Waals surface area contributed by atoms with Crippen LogP contribution in [0.4, 0.5) is 0 Å². The number of phenolic OH excluding ortho intramolecular Hbond substituents is 1. The number of aliphatic hydroxyl groups excluding tert-OH is 1. The molecule has 3 aliphatic rings. The van der Waals surface area contributed by atoms with Gasteiger partial charge < -0.3 is 24.4 Å². The largest absolute Gasteiger partial charge is 0.504 e. The third kappa shape index (κ3) is 1.83. The van der Waals surface area contributed by atoms with Crippen molar-refractivity contribution in [1.82, 2.24) is 4.90 Å². The van der Waals surface area contributed by atoms with Crippen molar-refractivity contribution >= 4 is 0 Å². The van der Waals surface area contributed by atoms with Gasteiger partial charge in [0.1, 0.15) is 6.10 Å². The van der Waals surface area contributed by atoms with Gasteiger partial charge in [-0.05, 0) is 54.8 Å². The predicted octanol–water partition coefficient (Wildman–Crippen LogP) is 2.10. The van der Waals surface area contributed by atoms with Crippen LogP contribution < -0.4 is 14.2 Å². The molecule has 0 aromatic heterocycles. The molecule has 2 aromatic rings. The molecule has 5 rings (SSSR count). The second kappa shape index (κ2) is 5.28. The fourth-order valence-corrected chi connectivity index (χ4v) is 4.78. The molecule has 0 fully saturated rings. The standard InChI is InChI=1S/C20H21NO5/c1-21-6-5-11-7-16(24-2)14(22)8-13(11)20(21)9-12-3-4-15-18(26-10-25-15)17(12)19(20)23/h3-4,7-8,19,22-23H,5-6,9-10H2,1-2H3/t19?,20-/m0/s1. The monoisotopic (exact) mass is 355 g/mol. The van der Waals surface area contributed by atoms with Gasteiger partial charge in [-0.25, -0.2) is 0 Å². The lowest BCUT2D eigenvalue weighted by molar-refractivity contribution is -0.0206. The van der Waals surface area contributed by atoms with Crippen molar-refractivity contribution in [1.29, 1.82) is 0 Å². The lowest BCUT2D eigenvalue weighted by Gasteiger charge is -2.46. The van der Waals surface area contributed by atoms with Gasteiger partial charge in [-0.3, -0.25) is 4.90 Å². The average Bonchev–Trinajstić information content (AvgIpc) is 3.22. The molecule has 6 heteroatoms. The molecule has 1 spiro atoms. The Kier molecular flexibility index (Phi) is 3.21. The summed E-state index contributed by atoms with van der Waals surface area (Å²) in [5.74, 6) is 1.88. The summed E-state index contributed by atoms with van der Waals surface area (Å²) in [5.41, 5.74) is 3.26. The van der Waals surface area contributed by atoms with Gasteiger partial charge in [0.15, 0.2) is 23.0 Å². The number of hydrogen-bond acceptors (Lipinski definition) is 6. The summed E-state index contributed by atoms with van der Waals surface area (Å²) in [6.07, 6.45) is 0.714. The summed E-state index contributed by atoms with van der Waals surface area (Å²) < 4.78 is 16.4. The summed E-state index contributed by atoms with van der Waals surface area (Å²) in [6, 6.07) is 7.55. The zero-order valence-corrected chi connectivity index (χ0v) is 14.8. The first-order chi connectivity index (χ1) is 12.6. The van der Waals surface area contributed by atoms with Crippen LogP contribution in [0.1, 0.15) is 28.4 Å². The van der Waals surface area contributed by atoms with Crippen LogP contribution >= 0.6 is 0 Å². The molecule has 0 radical (unpaired) electrons. The van der Waals surface area contributed by atoms with Crippen molar-refractivity contribution < 1.29 is 24.4 Å². The van der Waals surface area contributed by atoms with Crippen LogP contribution in [0.5, 0.6) is 23.0 Å². The van der Waals surface area contributed by atoms with Gasteiger partial charge in [0.2, 0.25) is 6.79 Å². The molecule has 1 aliphatic carbocycles. The van der Waals surface area contributed by atoms with Crippen LogP contribution in [0.25, 0.3) is 0 Å². The predicted molar refractivity (Wildman–Crippen MR) is 93.9 cm³/mol. The average molecular weight is 355 g/mol. The minimum absolute atomic E-state index is 0.0916. The highest BCUT2D eigenvalue weighted by Crippen LogP contribution is 2.57. The number of methoxy groups -OCH3 is 1. The molecule has 2 heterocycles. The van der Waals surface area contributed by atoms with E-state index in [1.807, 2.05) is 25.2 Å². The Morgan fingerprint density at radius 2 is 2.08 bits per heavy atom. The smallest absolute Gasteiger partial charge is 0.231 e. The van der Waals surface area contributed by atoms with E-state index in [4.69, 9.17) is 14.2 Å². The number of benzene rings is 2. The zero-order valence-electron chi connectivity index (χ0n) is 14.8. The van der Waals surface area contributed by atoms with E-state index < -0.39 is 11.6 Å². The Labute approximate surface area is 151 Å². The number of ether oxygens (including phenoxy) is 3. The maximum Gasteiger partial charge on any atom is 0.231 e. The van der Waals surface area contributed by atoms with Crippen LogP contribution in [0.15, 0.2) is 24.3 Å². The van der Waals surface area contributed by atoms with Gasteiger partial charge >= 0.3 is 0 Å². The Morgan fingerprint density at radius 3 is 2.88 bits per heavy atom. The second-order valence-electron chi connectivity index (χ2n) is 7.23. The maximum atomic E-state index is 11.5. The van der Waals surface area contributed by atoms with Crippen LogP contribution in [-0.2, 0) is 18.4 Å². The van der Waals surface area contributed by atoms with Gasteiger partial charge in [0.25, 0.3) is 0 Å². The topological polar surface area (TPSA) is 71.4 Å². The lowest BCUT2D eigenvalue weighted by atomic mass is 9.77. The van der Waals surface area contributed by atoms with Gasteiger partial charge in [-0.1, -0.05) is 6.07 Å². The molecule has 2 aliphatic heterocycles. The highest BCUT2D eigenvalue weighted by atomic mass is 16.7. The first-order valence-electron chi connectivity index (χ1n) is 8.77. The van der Waals surface area contributed by atoms with Crippen molar-refractivity contribution in [3.63, 3.8) is 0 Å². The third-order valence-corrected chi connectivity index (χ3v) is 6.12. The number of aliphatic hydroxyl groups is 1. The molecule has 136 valence electrons. The van der Waals surface area contributed by atoms with E-state index in [1.54, 1.807) is 13.2 Å². The molecular formula is C20H21NO5. The molecule has 0 bridgehead atoms. The molecule has 2 N–H and O–H groups in total. The number of rotatable bonds is 1. The van der Waals surface area contributed by atoms with Crippen LogP contribution in [-0.4, -0.2) is 42.6 Å². The number of phenols is 1. The molecule has 2 atom stereocenters. The summed E-state index contributed by atoms with van der Waals surface area (Å²) in [4.78, 5) is 2.19. The molecule has 2 aromatic carbocycles. The maximum absolute atomic E-state index is 11.5. The summed E-state index contributed by atoms with van der Waals surface area (Å²) >= 11 is 0. The van der Waals surface area contributed by atoms with Gasteiger partial charge in [-0.15, -0.1) is 0 Å². The molecule has 0 saturated heterocycles. The summed E-state index contributed by atoms with van der Waals surface area (Å²) in [7, 11) is 3.57. The second-order valence-corrected chi connectivity index (χ2v) is 7.23. The van der Waals surface area contributed by atoms with E-state index in [2.05, 4.69) is 4.90 Å². The third-order valence-electron chi connectivity index (χ3n) is 6.12. The summed E-state index contributed by atoms with van der Waals surface area (Å²) in [6.45, 7) is 0.988. The lowest BCUT2D eigenvalue weighted by Crippen LogP contribution is -2.51. The van der Waals surface area contributed by atoms with E-state index in [0.29, 0.717) is 23.7 Å². The Hall–Kier alpha value is -2.44. The number of hydrogen-bond donors (Lipinski definition) is 2. The fraction of sp³-hybridized carbons (Fsp3) is 0.400. The van der Waals surface area contributed by atoms with E-state index >= 15 is 0 Å². The minimum atomic E-state index is -0.772. The minimum Gasteiger partial charge on any atom is -0.504 e. The number of likely N-dealkylation sites (N-methyl/N-ethyl adjacent to an activating group) is 1. The first-order valence-corrected chi connectivity index (χ1v) is 8.77. The first kappa shape index (κ1) is 15.8. The molecule has 1 unspecified atom stereocenters. The molecular weight excluding hydrogens is 334 g/mol. The van der Waals surface area contributed by atoms with Crippen molar-refractivity contribution in [2.45, 2.75) is 24.5 Å². The molecule has 6 nitrogen and oxygen atoms in total. The molecule has 0 amide bonds. The van der Waals surface area contributed by atoms with Gasteiger partial charge in [-0.2, -0.15) is 0 Å². The van der Waals surface area contributed by atoms with E-state index in [0.717, 1.165) is 35.2 Å². The Bertz CT molecular complexity index is 912. The highest BCUT2D eigenvalue weighted by molar-refractivity contribution is 5.60. The van der Waals surface area contributed by atoms with Gasteiger partial charge in [0, 0.05) is 12.1 Å².